The standard InChI is InChI=1S/C11H21N5.HI/c1-3-4-5-14-11(12-2)15-7-9-16-8-6-13-10-16;/h6,8,10H,3-5,7,9H2,1-2H3,(H2,12,14,15);1H. The van der Waals surface area contributed by atoms with E-state index in [-0.39, 0.29) is 24.0 Å². The summed E-state index contributed by atoms with van der Waals surface area (Å²) < 4.78 is 2.03. The lowest BCUT2D eigenvalue weighted by molar-refractivity contribution is 0.656. The largest absolute Gasteiger partial charge is 0.356 e. The summed E-state index contributed by atoms with van der Waals surface area (Å²) >= 11 is 0. The molecule has 0 aliphatic heterocycles. The molecule has 1 aromatic rings. The number of nitrogens with zero attached hydrogens (tertiary/aromatic N) is 3. The molecule has 0 saturated carbocycles. The van der Waals surface area contributed by atoms with Crippen molar-refractivity contribution in [3.63, 3.8) is 0 Å². The van der Waals surface area contributed by atoms with Crippen molar-refractivity contribution in [3.8, 4) is 0 Å². The molecule has 0 saturated heterocycles. The smallest absolute Gasteiger partial charge is 0.191 e. The predicted octanol–water partition coefficient (Wildman–Crippen LogP) is 1.47. The number of rotatable bonds is 6. The van der Waals surface area contributed by atoms with Crippen molar-refractivity contribution in [2.75, 3.05) is 20.1 Å². The molecule has 0 aliphatic carbocycles. The number of imidazole rings is 1. The average molecular weight is 351 g/mol. The molecule has 0 bridgehead atoms. The first-order valence-electron chi connectivity index (χ1n) is 5.77. The Balaban J connectivity index is 0.00000256. The Morgan fingerprint density at radius 3 is 2.71 bits per heavy atom. The van der Waals surface area contributed by atoms with Crippen LogP contribution in [-0.2, 0) is 6.54 Å². The third-order valence-electron chi connectivity index (χ3n) is 2.27. The summed E-state index contributed by atoms with van der Waals surface area (Å²) in [5.74, 6) is 0.869. The van der Waals surface area contributed by atoms with Crippen LogP contribution in [0, 0.1) is 0 Å². The number of hydrogen-bond acceptors (Lipinski definition) is 2. The lowest BCUT2D eigenvalue weighted by atomic mass is 10.3. The zero-order valence-electron chi connectivity index (χ0n) is 10.5. The van der Waals surface area contributed by atoms with E-state index < -0.39 is 0 Å². The second-order valence-electron chi connectivity index (χ2n) is 3.58. The molecule has 17 heavy (non-hydrogen) atoms. The first kappa shape index (κ1) is 16.2. The number of guanidine groups is 1. The fraction of sp³-hybridized carbons (Fsp3) is 0.636. The van der Waals surface area contributed by atoms with Gasteiger partial charge in [0.15, 0.2) is 5.96 Å². The second-order valence-corrected chi connectivity index (χ2v) is 3.58. The number of nitrogens with one attached hydrogen (secondary N) is 2. The number of hydrogen-bond donors (Lipinski definition) is 2. The fourth-order valence-electron chi connectivity index (χ4n) is 1.33. The molecule has 0 fully saturated rings. The summed E-state index contributed by atoms with van der Waals surface area (Å²) in [6, 6.07) is 0. The molecule has 5 nitrogen and oxygen atoms in total. The Bertz CT molecular complexity index is 297. The Hall–Kier alpha value is -0.790. The highest BCUT2D eigenvalue weighted by atomic mass is 127. The highest BCUT2D eigenvalue weighted by molar-refractivity contribution is 14.0. The molecule has 0 amide bonds. The van der Waals surface area contributed by atoms with Gasteiger partial charge in [-0.05, 0) is 6.42 Å². The summed E-state index contributed by atoms with van der Waals surface area (Å²) in [5, 5.41) is 6.52. The Labute approximate surface area is 120 Å². The van der Waals surface area contributed by atoms with Gasteiger partial charge in [-0.3, -0.25) is 4.99 Å². The minimum Gasteiger partial charge on any atom is -0.356 e. The first-order valence-corrected chi connectivity index (χ1v) is 5.77. The second kappa shape index (κ2) is 10.4. The molecule has 98 valence electrons. The molecular weight excluding hydrogens is 329 g/mol. The van der Waals surface area contributed by atoms with E-state index in [1.807, 2.05) is 17.1 Å². The van der Waals surface area contributed by atoms with Crippen LogP contribution >= 0.6 is 24.0 Å². The van der Waals surface area contributed by atoms with E-state index in [1.54, 1.807) is 13.2 Å². The topological polar surface area (TPSA) is 54.2 Å². The molecule has 1 rings (SSSR count). The summed E-state index contributed by atoms with van der Waals surface area (Å²) in [6.07, 6.45) is 7.92. The lowest BCUT2D eigenvalue weighted by Gasteiger charge is -2.11. The maximum atomic E-state index is 4.15. The molecular formula is C11H22IN5. The minimum atomic E-state index is 0. The highest BCUT2D eigenvalue weighted by Crippen LogP contribution is 1.84. The molecule has 0 spiro atoms. The van der Waals surface area contributed by atoms with Crippen LogP contribution in [0.5, 0.6) is 0 Å². The molecule has 2 N–H and O–H groups in total. The molecule has 6 heteroatoms. The van der Waals surface area contributed by atoms with Crippen molar-refractivity contribution in [3.05, 3.63) is 18.7 Å². The van der Waals surface area contributed by atoms with Gasteiger partial charge in [-0.1, -0.05) is 13.3 Å². The van der Waals surface area contributed by atoms with Crippen LogP contribution in [-0.4, -0.2) is 35.6 Å². The van der Waals surface area contributed by atoms with Gasteiger partial charge in [0.1, 0.15) is 0 Å². The van der Waals surface area contributed by atoms with Crippen LogP contribution in [0.25, 0.3) is 0 Å². The van der Waals surface area contributed by atoms with Crippen molar-refractivity contribution < 1.29 is 0 Å². The van der Waals surface area contributed by atoms with Crippen LogP contribution in [0.3, 0.4) is 0 Å². The van der Waals surface area contributed by atoms with Gasteiger partial charge < -0.3 is 15.2 Å². The Morgan fingerprint density at radius 2 is 2.12 bits per heavy atom. The van der Waals surface area contributed by atoms with Crippen molar-refractivity contribution in [1.29, 1.82) is 0 Å². The Morgan fingerprint density at radius 1 is 1.35 bits per heavy atom. The van der Waals surface area contributed by atoms with E-state index in [1.165, 1.54) is 12.8 Å². The third-order valence-corrected chi connectivity index (χ3v) is 2.27. The van der Waals surface area contributed by atoms with E-state index in [0.717, 1.165) is 25.6 Å². The maximum absolute atomic E-state index is 4.15. The number of aliphatic imine (C=N–C) groups is 1. The van der Waals surface area contributed by atoms with E-state index in [9.17, 15) is 0 Å². The summed E-state index contributed by atoms with van der Waals surface area (Å²) in [4.78, 5) is 8.14. The third kappa shape index (κ3) is 7.19. The summed E-state index contributed by atoms with van der Waals surface area (Å²) in [5.41, 5.74) is 0. The minimum absolute atomic E-state index is 0. The predicted molar refractivity (Wildman–Crippen MR) is 81.9 cm³/mol. The van der Waals surface area contributed by atoms with Crippen LogP contribution in [0.1, 0.15) is 19.8 Å². The van der Waals surface area contributed by atoms with Crippen LogP contribution in [0.15, 0.2) is 23.7 Å². The van der Waals surface area contributed by atoms with Crippen LogP contribution in [0.2, 0.25) is 0 Å². The summed E-state index contributed by atoms with van der Waals surface area (Å²) in [6.45, 7) is 4.90. The van der Waals surface area contributed by atoms with E-state index >= 15 is 0 Å². The number of halogens is 1. The van der Waals surface area contributed by atoms with Gasteiger partial charge in [-0.25, -0.2) is 4.98 Å². The van der Waals surface area contributed by atoms with E-state index in [2.05, 4.69) is 27.5 Å². The molecule has 1 aromatic heterocycles. The zero-order chi connectivity index (χ0) is 11.6. The average Bonchev–Trinajstić information content (AvgIpc) is 2.80. The quantitative estimate of drug-likeness (QED) is 0.353. The molecule has 0 aliphatic rings. The molecule has 0 atom stereocenters. The molecule has 0 unspecified atom stereocenters. The first-order chi connectivity index (χ1) is 7.86. The van der Waals surface area contributed by atoms with Crippen LogP contribution < -0.4 is 10.6 Å². The lowest BCUT2D eigenvalue weighted by Crippen LogP contribution is -2.39. The molecule has 0 aromatic carbocycles. The number of aromatic nitrogens is 2. The van der Waals surface area contributed by atoms with Crippen molar-refractivity contribution in [1.82, 2.24) is 20.2 Å². The van der Waals surface area contributed by atoms with Gasteiger partial charge in [0.05, 0.1) is 6.33 Å². The zero-order valence-corrected chi connectivity index (χ0v) is 12.8. The number of unbranched alkanes of at least 4 members (excludes halogenated alkanes) is 1. The van der Waals surface area contributed by atoms with Gasteiger partial charge in [-0.15, -0.1) is 24.0 Å². The monoisotopic (exact) mass is 351 g/mol. The molecule has 1 heterocycles. The van der Waals surface area contributed by atoms with Crippen LogP contribution in [0.4, 0.5) is 0 Å². The SMILES string of the molecule is CCCCNC(=NC)NCCn1ccnc1.I. The van der Waals surface area contributed by atoms with Crippen molar-refractivity contribution in [2.24, 2.45) is 4.99 Å². The van der Waals surface area contributed by atoms with Gasteiger partial charge in [-0.2, -0.15) is 0 Å². The van der Waals surface area contributed by atoms with Gasteiger partial charge in [0.25, 0.3) is 0 Å². The van der Waals surface area contributed by atoms with Gasteiger partial charge >= 0.3 is 0 Å². The van der Waals surface area contributed by atoms with Crippen molar-refractivity contribution >= 4 is 29.9 Å². The van der Waals surface area contributed by atoms with Gasteiger partial charge in [0, 0.05) is 39.1 Å². The summed E-state index contributed by atoms with van der Waals surface area (Å²) in [7, 11) is 1.79. The van der Waals surface area contributed by atoms with E-state index in [0.29, 0.717) is 0 Å². The van der Waals surface area contributed by atoms with E-state index in [4.69, 9.17) is 0 Å². The van der Waals surface area contributed by atoms with Gasteiger partial charge in [0.2, 0.25) is 0 Å². The highest BCUT2D eigenvalue weighted by Gasteiger charge is 1.95. The Kier molecular flexibility index (Phi) is 9.89. The normalized spacial score (nSPS) is 10.8. The van der Waals surface area contributed by atoms with Crippen molar-refractivity contribution in [2.45, 2.75) is 26.3 Å². The molecule has 0 radical (unpaired) electrons. The maximum Gasteiger partial charge on any atom is 0.191 e. The fourth-order valence-corrected chi connectivity index (χ4v) is 1.33.